The third-order valence-corrected chi connectivity index (χ3v) is 4.43. The standard InChI is InChI=1S/C16H30N2O3/c1-6-9-12(10-21-5)18-13(8-3)15(19)17-14(16(18)20)11(4)7-2/h11-14H,6-10H2,1-5H3,(H,17,19). The van der Waals surface area contributed by atoms with Gasteiger partial charge in [0, 0.05) is 7.11 Å². The number of carbonyl (C=O) groups is 2. The number of carbonyl (C=O) groups excluding carboxylic acids is 2. The number of rotatable bonds is 8. The van der Waals surface area contributed by atoms with Crippen LogP contribution < -0.4 is 5.32 Å². The number of ether oxygens (including phenoxy) is 1. The van der Waals surface area contributed by atoms with Crippen molar-refractivity contribution in [1.82, 2.24) is 10.2 Å². The monoisotopic (exact) mass is 298 g/mol. The molecule has 1 aliphatic rings. The summed E-state index contributed by atoms with van der Waals surface area (Å²) in [5, 5.41) is 2.92. The van der Waals surface area contributed by atoms with Gasteiger partial charge in [-0.05, 0) is 18.8 Å². The maximum absolute atomic E-state index is 12.9. The van der Waals surface area contributed by atoms with Gasteiger partial charge in [0.15, 0.2) is 0 Å². The van der Waals surface area contributed by atoms with Crippen molar-refractivity contribution in [3.8, 4) is 0 Å². The average Bonchev–Trinajstić information content (AvgIpc) is 2.47. The van der Waals surface area contributed by atoms with E-state index in [1.807, 2.05) is 20.8 Å². The largest absolute Gasteiger partial charge is 0.383 e. The first-order chi connectivity index (χ1) is 10.0. The second kappa shape index (κ2) is 8.37. The number of nitrogens with one attached hydrogen (secondary N) is 1. The molecule has 21 heavy (non-hydrogen) atoms. The van der Waals surface area contributed by atoms with Crippen molar-refractivity contribution >= 4 is 11.8 Å². The Labute approximate surface area is 128 Å². The maximum atomic E-state index is 12.9. The highest BCUT2D eigenvalue weighted by Gasteiger charge is 2.44. The van der Waals surface area contributed by atoms with Gasteiger partial charge in [-0.15, -0.1) is 0 Å². The zero-order valence-electron chi connectivity index (χ0n) is 14.0. The van der Waals surface area contributed by atoms with Gasteiger partial charge < -0.3 is 15.0 Å². The van der Waals surface area contributed by atoms with Crippen LogP contribution in [0.3, 0.4) is 0 Å². The van der Waals surface area contributed by atoms with Crippen molar-refractivity contribution in [2.24, 2.45) is 5.92 Å². The highest BCUT2D eigenvalue weighted by Crippen LogP contribution is 2.23. The van der Waals surface area contributed by atoms with E-state index in [9.17, 15) is 9.59 Å². The lowest BCUT2D eigenvalue weighted by Gasteiger charge is -2.44. The normalized spacial score (nSPS) is 25.7. The molecule has 5 nitrogen and oxygen atoms in total. The van der Waals surface area contributed by atoms with Crippen LogP contribution in [-0.2, 0) is 14.3 Å². The smallest absolute Gasteiger partial charge is 0.246 e. The molecule has 5 heteroatoms. The molecule has 4 unspecified atom stereocenters. The first kappa shape index (κ1) is 18.0. The van der Waals surface area contributed by atoms with Crippen molar-refractivity contribution in [2.45, 2.75) is 71.5 Å². The summed E-state index contributed by atoms with van der Waals surface area (Å²) in [7, 11) is 1.64. The van der Waals surface area contributed by atoms with E-state index in [1.165, 1.54) is 0 Å². The fourth-order valence-corrected chi connectivity index (χ4v) is 3.02. The van der Waals surface area contributed by atoms with Gasteiger partial charge in [0.25, 0.3) is 0 Å². The molecule has 1 N–H and O–H groups in total. The van der Waals surface area contributed by atoms with Crippen molar-refractivity contribution in [1.29, 1.82) is 0 Å². The second-order valence-corrected chi connectivity index (χ2v) is 5.94. The summed E-state index contributed by atoms with van der Waals surface area (Å²) in [5.74, 6) is 0.164. The van der Waals surface area contributed by atoms with Crippen molar-refractivity contribution in [2.75, 3.05) is 13.7 Å². The lowest BCUT2D eigenvalue weighted by atomic mass is 9.92. The van der Waals surface area contributed by atoms with E-state index in [0.717, 1.165) is 19.3 Å². The van der Waals surface area contributed by atoms with Gasteiger partial charge in [0.2, 0.25) is 11.8 Å². The van der Waals surface area contributed by atoms with Gasteiger partial charge >= 0.3 is 0 Å². The summed E-state index contributed by atoms with van der Waals surface area (Å²) in [6.07, 6.45) is 3.32. The van der Waals surface area contributed by atoms with Gasteiger partial charge in [-0.3, -0.25) is 9.59 Å². The molecular formula is C16H30N2O3. The molecule has 1 rings (SSSR count). The molecule has 0 aromatic carbocycles. The highest BCUT2D eigenvalue weighted by atomic mass is 16.5. The van der Waals surface area contributed by atoms with Crippen LogP contribution in [-0.4, -0.2) is 48.6 Å². The SMILES string of the molecule is CCCC(COC)N1C(=O)C(C(C)CC)NC(=O)C1CC. The van der Waals surface area contributed by atoms with Crippen LogP contribution in [0.2, 0.25) is 0 Å². The molecule has 1 saturated heterocycles. The third-order valence-electron chi connectivity index (χ3n) is 4.43. The van der Waals surface area contributed by atoms with E-state index < -0.39 is 6.04 Å². The lowest BCUT2D eigenvalue weighted by Crippen LogP contribution is -2.67. The number of hydrogen-bond acceptors (Lipinski definition) is 3. The molecule has 2 amide bonds. The number of amides is 2. The number of piperazine rings is 1. The molecular weight excluding hydrogens is 268 g/mol. The van der Waals surface area contributed by atoms with Crippen LogP contribution in [0.15, 0.2) is 0 Å². The Bertz CT molecular complexity index is 353. The minimum Gasteiger partial charge on any atom is -0.383 e. The number of methoxy groups -OCH3 is 1. The Hall–Kier alpha value is -1.10. The lowest BCUT2D eigenvalue weighted by molar-refractivity contribution is -0.155. The van der Waals surface area contributed by atoms with Crippen molar-refractivity contribution < 1.29 is 14.3 Å². The van der Waals surface area contributed by atoms with E-state index >= 15 is 0 Å². The molecule has 1 fully saturated rings. The molecule has 0 aromatic rings. The minimum absolute atomic E-state index is 0.0185. The predicted molar refractivity (Wildman–Crippen MR) is 82.9 cm³/mol. The zero-order chi connectivity index (χ0) is 16.0. The summed E-state index contributed by atoms with van der Waals surface area (Å²) in [6, 6.07) is -0.791. The van der Waals surface area contributed by atoms with Gasteiger partial charge in [0.05, 0.1) is 12.6 Å². The van der Waals surface area contributed by atoms with Crippen molar-refractivity contribution in [3.63, 3.8) is 0 Å². The van der Waals surface area contributed by atoms with Gasteiger partial charge in [-0.25, -0.2) is 0 Å². The van der Waals surface area contributed by atoms with Gasteiger partial charge in [-0.1, -0.05) is 40.5 Å². The molecule has 0 aliphatic carbocycles. The van der Waals surface area contributed by atoms with E-state index in [0.29, 0.717) is 13.0 Å². The molecule has 0 bridgehead atoms. The fourth-order valence-electron chi connectivity index (χ4n) is 3.02. The Morgan fingerprint density at radius 3 is 2.43 bits per heavy atom. The summed E-state index contributed by atoms with van der Waals surface area (Å²) in [4.78, 5) is 27.1. The first-order valence-corrected chi connectivity index (χ1v) is 8.13. The van der Waals surface area contributed by atoms with Crippen LogP contribution in [0, 0.1) is 5.92 Å². The molecule has 0 saturated carbocycles. The molecule has 1 aliphatic heterocycles. The summed E-state index contributed by atoms with van der Waals surface area (Å²) >= 11 is 0. The Kier molecular flexibility index (Phi) is 7.15. The van der Waals surface area contributed by atoms with E-state index in [2.05, 4.69) is 12.2 Å². The van der Waals surface area contributed by atoms with Crippen LogP contribution >= 0.6 is 0 Å². The zero-order valence-corrected chi connectivity index (χ0v) is 14.0. The second-order valence-electron chi connectivity index (χ2n) is 5.94. The quantitative estimate of drug-likeness (QED) is 0.745. The van der Waals surface area contributed by atoms with E-state index in [-0.39, 0.29) is 29.8 Å². The van der Waals surface area contributed by atoms with Crippen LogP contribution in [0.25, 0.3) is 0 Å². The number of hydrogen-bond donors (Lipinski definition) is 1. The fraction of sp³-hybridized carbons (Fsp3) is 0.875. The van der Waals surface area contributed by atoms with Gasteiger partial charge in [0.1, 0.15) is 12.1 Å². The van der Waals surface area contributed by atoms with Gasteiger partial charge in [-0.2, -0.15) is 0 Å². The maximum Gasteiger partial charge on any atom is 0.246 e. The van der Waals surface area contributed by atoms with Crippen LogP contribution in [0.5, 0.6) is 0 Å². The average molecular weight is 298 g/mol. The first-order valence-electron chi connectivity index (χ1n) is 8.13. The molecule has 0 radical (unpaired) electrons. The number of nitrogens with zero attached hydrogens (tertiary/aromatic N) is 1. The van der Waals surface area contributed by atoms with Crippen LogP contribution in [0.4, 0.5) is 0 Å². The molecule has 122 valence electrons. The predicted octanol–water partition coefficient (Wildman–Crippen LogP) is 1.95. The van der Waals surface area contributed by atoms with Crippen LogP contribution in [0.1, 0.15) is 53.4 Å². The van der Waals surface area contributed by atoms with Crippen molar-refractivity contribution in [3.05, 3.63) is 0 Å². The molecule has 0 spiro atoms. The minimum atomic E-state index is -0.401. The third kappa shape index (κ3) is 3.96. The summed E-state index contributed by atoms with van der Waals surface area (Å²) < 4.78 is 5.28. The van der Waals surface area contributed by atoms with E-state index in [4.69, 9.17) is 4.74 Å². The van der Waals surface area contributed by atoms with E-state index in [1.54, 1.807) is 12.0 Å². The molecule has 0 aromatic heterocycles. The molecule has 1 heterocycles. The Balaban J connectivity index is 3.06. The molecule has 4 atom stereocenters. The highest BCUT2D eigenvalue weighted by molar-refractivity contribution is 5.97. The Morgan fingerprint density at radius 2 is 1.95 bits per heavy atom. The topological polar surface area (TPSA) is 58.6 Å². The summed E-state index contributed by atoms with van der Waals surface area (Å²) in [5.41, 5.74) is 0. The summed E-state index contributed by atoms with van der Waals surface area (Å²) in [6.45, 7) is 8.57. The Morgan fingerprint density at radius 1 is 1.29 bits per heavy atom.